The van der Waals surface area contributed by atoms with Gasteiger partial charge in [0.2, 0.25) is 5.91 Å². The topological polar surface area (TPSA) is 75.7 Å². The van der Waals surface area contributed by atoms with Crippen LogP contribution in [0.2, 0.25) is 5.02 Å². The maximum absolute atomic E-state index is 12.9. The third-order valence-corrected chi connectivity index (χ3v) is 4.90. The molecule has 0 saturated carbocycles. The molecule has 1 saturated heterocycles. The number of carbonyl (C=O) groups is 3. The summed E-state index contributed by atoms with van der Waals surface area (Å²) in [5.74, 6) is -1.59. The molecule has 0 radical (unpaired) electrons. The number of nitrogens with one attached hydrogen (secondary N) is 1. The molecule has 3 rings (SSSR count). The number of ether oxygens (including phenoxy) is 1. The van der Waals surface area contributed by atoms with Crippen molar-refractivity contribution in [2.24, 2.45) is 0 Å². The van der Waals surface area contributed by atoms with Gasteiger partial charge in [-0.15, -0.1) is 0 Å². The smallest absolute Gasteiger partial charge is 0.338 e. The molecule has 0 bridgehead atoms. The molecule has 0 spiro atoms. The number of hydrogen-bond acceptors (Lipinski definition) is 4. The van der Waals surface area contributed by atoms with Crippen molar-refractivity contribution in [3.63, 3.8) is 0 Å². The predicted molar refractivity (Wildman–Crippen MR) is 106 cm³/mol. The average Bonchev–Trinajstić information content (AvgIpc) is 3.13. The Morgan fingerprint density at radius 3 is 2.62 bits per heavy atom. The van der Waals surface area contributed by atoms with E-state index in [1.807, 2.05) is 0 Å². The molecule has 1 aliphatic rings. The molecule has 0 unspecified atom stereocenters. The molecule has 1 fully saturated rings. The first-order chi connectivity index (χ1) is 13.8. The van der Waals surface area contributed by atoms with Crippen LogP contribution in [0.1, 0.15) is 35.7 Å². The summed E-state index contributed by atoms with van der Waals surface area (Å²) >= 11 is 6.18. The normalized spacial score (nSPS) is 14.6. The second kappa shape index (κ2) is 9.05. The number of nitrogens with zero attached hydrogens (tertiary/aromatic N) is 1. The van der Waals surface area contributed by atoms with Crippen molar-refractivity contribution in [1.82, 2.24) is 5.32 Å². The molecule has 152 valence electrons. The second-order valence-corrected chi connectivity index (χ2v) is 7.11. The molecule has 6 nitrogen and oxygen atoms in total. The second-order valence-electron chi connectivity index (χ2n) is 6.71. The monoisotopic (exact) mass is 418 g/mol. The zero-order valence-corrected chi connectivity index (χ0v) is 16.5. The summed E-state index contributed by atoms with van der Waals surface area (Å²) in [5, 5.41) is 3.00. The van der Waals surface area contributed by atoms with E-state index in [1.165, 1.54) is 42.2 Å². The van der Waals surface area contributed by atoms with Gasteiger partial charge in [-0.05, 0) is 49.2 Å². The summed E-state index contributed by atoms with van der Waals surface area (Å²) in [4.78, 5) is 38.1. The number of amides is 2. The highest BCUT2D eigenvalue weighted by molar-refractivity contribution is 6.34. The van der Waals surface area contributed by atoms with Crippen LogP contribution in [0.25, 0.3) is 0 Å². The first kappa shape index (κ1) is 20.8. The first-order valence-electron chi connectivity index (χ1n) is 9.18. The molecular formula is C21H20ClFN2O4. The van der Waals surface area contributed by atoms with Crippen molar-refractivity contribution in [2.45, 2.75) is 32.4 Å². The number of esters is 1. The van der Waals surface area contributed by atoms with Crippen molar-refractivity contribution in [3.05, 3.63) is 64.4 Å². The largest absolute Gasteiger partial charge is 0.449 e. The summed E-state index contributed by atoms with van der Waals surface area (Å²) in [7, 11) is 0. The highest BCUT2D eigenvalue weighted by Crippen LogP contribution is 2.30. The van der Waals surface area contributed by atoms with Gasteiger partial charge in [0, 0.05) is 19.5 Å². The van der Waals surface area contributed by atoms with Crippen LogP contribution in [-0.4, -0.2) is 30.4 Å². The third kappa shape index (κ3) is 5.12. The van der Waals surface area contributed by atoms with Gasteiger partial charge in [0.25, 0.3) is 5.91 Å². The fourth-order valence-corrected chi connectivity index (χ4v) is 3.19. The van der Waals surface area contributed by atoms with Crippen molar-refractivity contribution in [2.75, 3.05) is 11.4 Å². The van der Waals surface area contributed by atoms with E-state index < -0.39 is 18.0 Å². The Bertz CT molecular complexity index is 933. The van der Waals surface area contributed by atoms with E-state index in [2.05, 4.69) is 5.32 Å². The predicted octanol–water partition coefficient (Wildman–Crippen LogP) is 3.47. The lowest BCUT2D eigenvalue weighted by Crippen LogP contribution is -2.35. The Kier molecular flexibility index (Phi) is 6.49. The van der Waals surface area contributed by atoms with Gasteiger partial charge in [-0.2, -0.15) is 0 Å². The van der Waals surface area contributed by atoms with Crippen molar-refractivity contribution in [1.29, 1.82) is 0 Å². The summed E-state index contributed by atoms with van der Waals surface area (Å²) in [5.41, 5.74) is 1.37. The van der Waals surface area contributed by atoms with Crippen molar-refractivity contribution in [3.8, 4) is 0 Å². The van der Waals surface area contributed by atoms with Gasteiger partial charge in [0.1, 0.15) is 5.82 Å². The highest BCUT2D eigenvalue weighted by atomic mass is 35.5. The molecule has 2 aromatic rings. The minimum absolute atomic E-state index is 0.0500. The van der Waals surface area contributed by atoms with Crippen LogP contribution in [0.4, 0.5) is 10.1 Å². The number of hydrogen-bond donors (Lipinski definition) is 1. The zero-order chi connectivity index (χ0) is 21.0. The maximum atomic E-state index is 12.9. The average molecular weight is 419 g/mol. The van der Waals surface area contributed by atoms with Crippen molar-refractivity contribution < 1.29 is 23.5 Å². The van der Waals surface area contributed by atoms with E-state index in [1.54, 1.807) is 12.1 Å². The van der Waals surface area contributed by atoms with Crippen molar-refractivity contribution >= 4 is 35.1 Å². The third-order valence-electron chi connectivity index (χ3n) is 4.58. The Morgan fingerprint density at radius 1 is 1.24 bits per heavy atom. The van der Waals surface area contributed by atoms with Gasteiger partial charge in [-0.25, -0.2) is 9.18 Å². The summed E-state index contributed by atoms with van der Waals surface area (Å²) in [6, 6.07) is 10.2. The van der Waals surface area contributed by atoms with Crippen LogP contribution in [0.15, 0.2) is 42.5 Å². The minimum atomic E-state index is -1.03. The Hall–Kier alpha value is -2.93. The van der Waals surface area contributed by atoms with Crippen LogP contribution in [0.3, 0.4) is 0 Å². The number of carbonyl (C=O) groups excluding carboxylic acids is 3. The standard InChI is InChI=1S/C21H20ClFN2O4/c1-13(20(27)24-12-14-4-7-16(23)8-5-14)29-21(28)15-6-9-17(22)18(11-15)25-10-2-3-19(25)26/h4-9,11,13H,2-3,10,12H2,1H3,(H,24,27)/t13-/m1/s1. The van der Waals surface area contributed by atoms with Crippen LogP contribution in [0.5, 0.6) is 0 Å². The molecule has 2 aromatic carbocycles. The number of halogens is 2. The first-order valence-corrected chi connectivity index (χ1v) is 9.56. The van der Waals surface area contributed by atoms with E-state index in [-0.39, 0.29) is 23.8 Å². The Morgan fingerprint density at radius 2 is 1.97 bits per heavy atom. The fraction of sp³-hybridized carbons (Fsp3) is 0.286. The van der Waals surface area contributed by atoms with Gasteiger partial charge in [-0.1, -0.05) is 23.7 Å². The van der Waals surface area contributed by atoms with E-state index in [4.69, 9.17) is 16.3 Å². The fourth-order valence-electron chi connectivity index (χ4n) is 2.97. The number of anilines is 1. The SMILES string of the molecule is C[C@@H](OC(=O)c1ccc(Cl)c(N2CCCC2=O)c1)C(=O)NCc1ccc(F)cc1. The van der Waals surface area contributed by atoms with Crippen LogP contribution in [-0.2, 0) is 20.9 Å². The van der Waals surface area contributed by atoms with E-state index in [9.17, 15) is 18.8 Å². The van der Waals surface area contributed by atoms with Crippen LogP contribution in [0, 0.1) is 5.82 Å². The van der Waals surface area contributed by atoms with E-state index in [0.717, 1.165) is 12.0 Å². The van der Waals surface area contributed by atoms with Gasteiger partial charge in [-0.3, -0.25) is 9.59 Å². The lowest BCUT2D eigenvalue weighted by atomic mass is 10.2. The molecule has 0 aromatic heterocycles. The molecule has 0 aliphatic carbocycles. The zero-order valence-electron chi connectivity index (χ0n) is 15.8. The lowest BCUT2D eigenvalue weighted by molar-refractivity contribution is -0.129. The summed E-state index contributed by atoms with van der Waals surface area (Å²) < 4.78 is 18.1. The van der Waals surface area contributed by atoms with Crippen LogP contribution < -0.4 is 10.2 Å². The highest BCUT2D eigenvalue weighted by Gasteiger charge is 2.25. The molecule has 2 amide bonds. The van der Waals surface area contributed by atoms with Gasteiger partial charge in [0.15, 0.2) is 6.10 Å². The van der Waals surface area contributed by atoms with Crippen LogP contribution >= 0.6 is 11.6 Å². The molecule has 1 N–H and O–H groups in total. The quantitative estimate of drug-likeness (QED) is 0.729. The maximum Gasteiger partial charge on any atom is 0.338 e. The molecule has 1 atom stereocenters. The van der Waals surface area contributed by atoms with E-state index in [0.29, 0.717) is 23.7 Å². The lowest BCUT2D eigenvalue weighted by Gasteiger charge is -2.19. The minimum Gasteiger partial charge on any atom is -0.449 e. The van der Waals surface area contributed by atoms with Gasteiger partial charge >= 0.3 is 5.97 Å². The van der Waals surface area contributed by atoms with E-state index >= 15 is 0 Å². The number of benzene rings is 2. The molecule has 8 heteroatoms. The number of rotatable bonds is 6. The Balaban J connectivity index is 1.61. The Labute approximate surface area is 172 Å². The molecule has 1 aliphatic heterocycles. The molecule has 29 heavy (non-hydrogen) atoms. The summed E-state index contributed by atoms with van der Waals surface area (Å²) in [6.07, 6.45) is 0.140. The van der Waals surface area contributed by atoms with Gasteiger partial charge in [0.05, 0.1) is 16.3 Å². The van der Waals surface area contributed by atoms with Gasteiger partial charge < -0.3 is 15.0 Å². The molecular weight excluding hydrogens is 399 g/mol. The summed E-state index contributed by atoms with van der Waals surface area (Å²) in [6.45, 7) is 2.18. The molecule has 1 heterocycles.